The SMILES string of the molecule is COc1ccccc1Sc1ccc(C=CC(=O)N2CCN(C(=O)c3ccoc3)CC2)c(Cl)c1. The summed E-state index contributed by atoms with van der Waals surface area (Å²) in [5, 5.41) is 0.564. The number of amides is 2. The topological polar surface area (TPSA) is 63.0 Å². The first kappa shape index (κ1) is 23.0. The van der Waals surface area contributed by atoms with E-state index in [9.17, 15) is 9.59 Å². The largest absolute Gasteiger partial charge is 0.496 e. The number of rotatable bonds is 6. The Labute approximate surface area is 201 Å². The number of nitrogens with zero attached hydrogens (tertiary/aromatic N) is 2. The number of hydrogen-bond acceptors (Lipinski definition) is 5. The second-order valence-electron chi connectivity index (χ2n) is 7.40. The van der Waals surface area contributed by atoms with E-state index < -0.39 is 0 Å². The smallest absolute Gasteiger partial charge is 0.257 e. The lowest BCUT2D eigenvalue weighted by molar-refractivity contribution is -0.127. The van der Waals surface area contributed by atoms with E-state index in [0.29, 0.717) is 36.8 Å². The standard InChI is InChI=1S/C25H23ClN2O4S/c1-31-22-4-2-3-5-23(22)33-20-8-6-18(21(26)16-20)7-9-24(29)27-11-13-28(14-12-27)25(30)19-10-15-32-17-19/h2-10,15-17H,11-14H2,1H3. The van der Waals surface area contributed by atoms with Gasteiger partial charge in [-0.05, 0) is 42.0 Å². The van der Waals surface area contributed by atoms with Crippen LogP contribution in [0, 0.1) is 0 Å². The number of furan rings is 1. The van der Waals surface area contributed by atoms with E-state index in [1.807, 2.05) is 42.5 Å². The number of hydrogen-bond donors (Lipinski definition) is 0. The number of benzene rings is 2. The Morgan fingerprint density at radius 3 is 2.52 bits per heavy atom. The highest BCUT2D eigenvalue weighted by molar-refractivity contribution is 7.99. The zero-order valence-electron chi connectivity index (χ0n) is 18.1. The van der Waals surface area contributed by atoms with Crippen LogP contribution in [0.1, 0.15) is 15.9 Å². The van der Waals surface area contributed by atoms with Crippen molar-refractivity contribution in [1.82, 2.24) is 9.80 Å². The van der Waals surface area contributed by atoms with Crippen LogP contribution in [0.25, 0.3) is 6.08 Å². The molecular weight excluding hydrogens is 460 g/mol. The van der Waals surface area contributed by atoms with Crippen LogP contribution >= 0.6 is 23.4 Å². The van der Waals surface area contributed by atoms with Crippen molar-refractivity contribution in [3.05, 3.63) is 83.3 Å². The summed E-state index contributed by atoms with van der Waals surface area (Å²) in [7, 11) is 1.65. The highest BCUT2D eigenvalue weighted by atomic mass is 35.5. The molecule has 2 aromatic carbocycles. The maximum absolute atomic E-state index is 12.6. The molecule has 0 aliphatic carbocycles. The van der Waals surface area contributed by atoms with Crippen molar-refractivity contribution in [2.24, 2.45) is 0 Å². The van der Waals surface area contributed by atoms with Crippen molar-refractivity contribution in [3.8, 4) is 5.75 Å². The Kier molecular flexibility index (Phi) is 7.42. The predicted molar refractivity (Wildman–Crippen MR) is 129 cm³/mol. The molecule has 6 nitrogen and oxygen atoms in total. The molecule has 0 atom stereocenters. The van der Waals surface area contributed by atoms with Crippen LogP contribution in [-0.4, -0.2) is 54.9 Å². The van der Waals surface area contributed by atoms with Crippen molar-refractivity contribution in [2.75, 3.05) is 33.3 Å². The minimum Gasteiger partial charge on any atom is -0.496 e. The molecule has 1 aliphatic rings. The Morgan fingerprint density at radius 1 is 1.06 bits per heavy atom. The zero-order valence-corrected chi connectivity index (χ0v) is 19.6. The first-order valence-electron chi connectivity index (χ1n) is 10.4. The summed E-state index contributed by atoms with van der Waals surface area (Å²) < 4.78 is 10.4. The third kappa shape index (κ3) is 5.61. The lowest BCUT2D eigenvalue weighted by Gasteiger charge is -2.34. The molecule has 1 aromatic heterocycles. The Balaban J connectivity index is 1.34. The van der Waals surface area contributed by atoms with E-state index in [1.54, 1.807) is 40.8 Å². The summed E-state index contributed by atoms with van der Waals surface area (Å²) in [6.07, 6.45) is 6.17. The molecule has 1 saturated heterocycles. The fraction of sp³-hybridized carbons (Fsp3) is 0.200. The fourth-order valence-electron chi connectivity index (χ4n) is 3.50. The maximum atomic E-state index is 12.6. The number of piperazine rings is 1. The molecular formula is C25H23ClN2O4S. The summed E-state index contributed by atoms with van der Waals surface area (Å²) >= 11 is 8.03. The minimum atomic E-state index is -0.103. The number of halogens is 1. The van der Waals surface area contributed by atoms with Gasteiger partial charge in [0.25, 0.3) is 5.91 Å². The Morgan fingerprint density at radius 2 is 1.82 bits per heavy atom. The van der Waals surface area contributed by atoms with E-state index in [-0.39, 0.29) is 11.8 Å². The van der Waals surface area contributed by atoms with Gasteiger partial charge in [-0.3, -0.25) is 9.59 Å². The van der Waals surface area contributed by atoms with Crippen molar-refractivity contribution in [1.29, 1.82) is 0 Å². The molecule has 2 heterocycles. The molecule has 170 valence electrons. The lowest BCUT2D eigenvalue weighted by atomic mass is 10.2. The van der Waals surface area contributed by atoms with Crippen molar-refractivity contribution < 1.29 is 18.7 Å². The monoisotopic (exact) mass is 482 g/mol. The minimum absolute atomic E-state index is 0.0794. The van der Waals surface area contributed by atoms with Gasteiger partial charge >= 0.3 is 0 Å². The summed E-state index contributed by atoms with van der Waals surface area (Å²) in [6.45, 7) is 1.93. The molecule has 0 saturated carbocycles. The molecule has 0 spiro atoms. The second-order valence-corrected chi connectivity index (χ2v) is 8.92. The van der Waals surface area contributed by atoms with E-state index >= 15 is 0 Å². The van der Waals surface area contributed by atoms with Gasteiger partial charge in [-0.2, -0.15) is 0 Å². The number of carbonyl (C=O) groups is 2. The maximum Gasteiger partial charge on any atom is 0.257 e. The van der Waals surface area contributed by atoms with Gasteiger partial charge in [0.1, 0.15) is 12.0 Å². The fourth-order valence-corrected chi connectivity index (χ4v) is 4.78. The quantitative estimate of drug-likeness (QED) is 0.458. The van der Waals surface area contributed by atoms with Crippen molar-refractivity contribution in [2.45, 2.75) is 9.79 Å². The van der Waals surface area contributed by atoms with Gasteiger partial charge in [0.05, 0.1) is 23.8 Å². The molecule has 1 fully saturated rings. The summed E-state index contributed by atoms with van der Waals surface area (Å²) in [4.78, 5) is 30.5. The van der Waals surface area contributed by atoms with Crippen molar-refractivity contribution in [3.63, 3.8) is 0 Å². The summed E-state index contributed by atoms with van der Waals surface area (Å²) in [5.41, 5.74) is 1.29. The third-order valence-electron chi connectivity index (χ3n) is 5.32. The molecule has 0 radical (unpaired) electrons. The number of para-hydroxylation sites is 1. The molecule has 0 unspecified atom stereocenters. The molecule has 1 aliphatic heterocycles. The molecule has 33 heavy (non-hydrogen) atoms. The van der Waals surface area contributed by atoms with E-state index in [0.717, 1.165) is 21.1 Å². The summed E-state index contributed by atoms with van der Waals surface area (Å²) in [6, 6.07) is 15.2. The molecule has 0 bridgehead atoms. The normalized spacial score (nSPS) is 14.0. The van der Waals surface area contributed by atoms with Crippen LogP contribution in [0.5, 0.6) is 5.75 Å². The first-order valence-corrected chi connectivity index (χ1v) is 11.6. The van der Waals surface area contributed by atoms with E-state index in [2.05, 4.69) is 0 Å². The van der Waals surface area contributed by atoms with Crippen LogP contribution in [-0.2, 0) is 4.79 Å². The molecule has 0 N–H and O–H groups in total. The Hall–Kier alpha value is -3.16. The highest BCUT2D eigenvalue weighted by Crippen LogP contribution is 2.36. The van der Waals surface area contributed by atoms with Crippen molar-refractivity contribution >= 4 is 41.3 Å². The van der Waals surface area contributed by atoms with Crippen LogP contribution in [0.15, 0.2) is 81.3 Å². The predicted octanol–water partition coefficient (Wildman–Crippen LogP) is 5.09. The molecule has 4 rings (SSSR count). The van der Waals surface area contributed by atoms with Gasteiger partial charge in [0.2, 0.25) is 5.91 Å². The van der Waals surface area contributed by atoms with Gasteiger partial charge in [-0.1, -0.05) is 41.6 Å². The van der Waals surface area contributed by atoms with E-state index in [1.165, 1.54) is 18.6 Å². The average Bonchev–Trinajstić information content (AvgIpc) is 3.38. The van der Waals surface area contributed by atoms with Gasteiger partial charge in [-0.25, -0.2) is 0 Å². The second kappa shape index (κ2) is 10.6. The van der Waals surface area contributed by atoms with Crippen LogP contribution in [0.3, 0.4) is 0 Å². The average molecular weight is 483 g/mol. The van der Waals surface area contributed by atoms with Crippen LogP contribution in [0.4, 0.5) is 0 Å². The van der Waals surface area contributed by atoms with Gasteiger partial charge < -0.3 is 19.0 Å². The first-order chi connectivity index (χ1) is 16.0. The number of carbonyl (C=O) groups excluding carboxylic acids is 2. The van der Waals surface area contributed by atoms with Crippen LogP contribution in [0.2, 0.25) is 5.02 Å². The van der Waals surface area contributed by atoms with Gasteiger partial charge in [-0.15, -0.1) is 0 Å². The highest BCUT2D eigenvalue weighted by Gasteiger charge is 2.24. The number of ether oxygens (including phenoxy) is 1. The summed E-state index contributed by atoms with van der Waals surface area (Å²) in [5.74, 6) is 0.623. The molecule has 3 aromatic rings. The van der Waals surface area contributed by atoms with Gasteiger partial charge in [0.15, 0.2) is 0 Å². The Bertz CT molecular complexity index is 1150. The third-order valence-corrected chi connectivity index (χ3v) is 6.70. The van der Waals surface area contributed by atoms with Gasteiger partial charge in [0, 0.05) is 42.2 Å². The number of methoxy groups -OCH3 is 1. The molecule has 2 amide bonds. The van der Waals surface area contributed by atoms with Crippen LogP contribution < -0.4 is 4.74 Å². The zero-order chi connectivity index (χ0) is 23.2. The lowest BCUT2D eigenvalue weighted by Crippen LogP contribution is -2.50. The van der Waals surface area contributed by atoms with E-state index in [4.69, 9.17) is 20.8 Å². The molecule has 8 heteroatoms.